The molecule has 0 aliphatic heterocycles. The van der Waals surface area contributed by atoms with Crippen molar-refractivity contribution in [2.24, 2.45) is 5.73 Å². The summed E-state index contributed by atoms with van der Waals surface area (Å²) < 4.78 is 0. The van der Waals surface area contributed by atoms with Gasteiger partial charge in [-0.3, -0.25) is 10.1 Å². The molecule has 0 spiro atoms. The molecule has 0 amide bonds. The molecule has 0 radical (unpaired) electrons. The van der Waals surface area contributed by atoms with Crippen molar-refractivity contribution < 1.29 is 4.92 Å². The molecule has 0 bridgehead atoms. The van der Waals surface area contributed by atoms with Gasteiger partial charge < -0.3 is 16.0 Å². The summed E-state index contributed by atoms with van der Waals surface area (Å²) >= 11 is 1.69. The predicted octanol–water partition coefficient (Wildman–Crippen LogP) is 0.575. The van der Waals surface area contributed by atoms with Gasteiger partial charge in [0.1, 0.15) is 0 Å². The van der Waals surface area contributed by atoms with Crippen LogP contribution in [-0.4, -0.2) is 27.2 Å². The summed E-state index contributed by atoms with van der Waals surface area (Å²) in [6.07, 6.45) is 2.42. The fourth-order valence-electron chi connectivity index (χ4n) is 1.13. The van der Waals surface area contributed by atoms with Crippen LogP contribution in [0.2, 0.25) is 0 Å². The molecule has 17 heavy (non-hydrogen) atoms. The normalized spacial score (nSPS) is 11.5. The lowest BCUT2D eigenvalue weighted by atomic mass is 10.4. The summed E-state index contributed by atoms with van der Waals surface area (Å²) in [6.45, 7) is 2.56. The number of H-pyrrole nitrogens is 1. The lowest BCUT2D eigenvalue weighted by Gasteiger charge is -2.03. The quantitative estimate of drug-likeness (QED) is 0.374. The Kier molecular flexibility index (Phi) is 5.34. The van der Waals surface area contributed by atoms with Crippen LogP contribution in [0.3, 0.4) is 0 Å². The first kappa shape index (κ1) is 13.4. The fraction of sp³-hybridized carbons (Fsp3) is 0.444. The largest absolute Gasteiger partial charge is 0.380 e. The number of nitrogens with two attached hydrogens (primary N) is 1. The average Bonchev–Trinajstić information content (AvgIpc) is 2.63. The van der Waals surface area contributed by atoms with Crippen molar-refractivity contribution in [1.29, 1.82) is 0 Å². The van der Waals surface area contributed by atoms with Gasteiger partial charge in [-0.1, -0.05) is 0 Å². The first-order valence-electron chi connectivity index (χ1n) is 5.01. The maximum absolute atomic E-state index is 10.1. The van der Waals surface area contributed by atoms with Crippen molar-refractivity contribution in [2.45, 2.75) is 12.7 Å². The second-order valence-electron chi connectivity index (χ2n) is 3.32. The minimum atomic E-state index is -0.581. The van der Waals surface area contributed by atoms with E-state index in [9.17, 15) is 10.1 Å². The third kappa shape index (κ3) is 5.25. The van der Waals surface area contributed by atoms with E-state index in [4.69, 9.17) is 5.73 Å². The predicted molar refractivity (Wildman–Crippen MR) is 66.8 cm³/mol. The molecule has 0 atom stereocenters. The number of aromatic amines is 1. The fourth-order valence-corrected chi connectivity index (χ4v) is 2.00. The number of hydrogen-bond acceptors (Lipinski definition) is 6. The minimum absolute atomic E-state index is 0.0755. The van der Waals surface area contributed by atoms with Gasteiger partial charge in [0.05, 0.1) is 16.9 Å². The first-order valence-corrected chi connectivity index (χ1v) is 6.16. The number of aromatic nitrogens is 2. The Labute approximate surface area is 103 Å². The molecule has 0 saturated carbocycles. The zero-order valence-electron chi connectivity index (χ0n) is 9.47. The Bertz CT molecular complexity index is 404. The number of nitrogens with zero attached hydrogens (tertiary/aromatic N) is 2. The van der Waals surface area contributed by atoms with Crippen molar-refractivity contribution >= 4 is 11.8 Å². The van der Waals surface area contributed by atoms with E-state index in [1.165, 1.54) is 0 Å². The summed E-state index contributed by atoms with van der Waals surface area (Å²) in [5.74, 6) is 1.69. The minimum Gasteiger partial charge on any atom is -0.380 e. The second kappa shape index (κ2) is 6.79. The molecule has 4 N–H and O–H groups in total. The zero-order chi connectivity index (χ0) is 12.7. The first-order chi connectivity index (χ1) is 8.09. The van der Waals surface area contributed by atoms with Gasteiger partial charge in [0.25, 0.3) is 6.20 Å². The Balaban J connectivity index is 2.13. The third-order valence-electron chi connectivity index (χ3n) is 1.99. The van der Waals surface area contributed by atoms with Crippen LogP contribution >= 0.6 is 11.8 Å². The van der Waals surface area contributed by atoms with Crippen molar-refractivity contribution in [3.05, 3.63) is 39.9 Å². The SMILES string of the molecule is Cc1[nH]cnc1CSCCN/C(N)=C/[N+](=O)[O-]. The van der Waals surface area contributed by atoms with Crippen LogP contribution in [0.5, 0.6) is 0 Å². The molecular formula is C9H15N5O2S. The molecule has 1 aromatic heterocycles. The maximum Gasteiger partial charge on any atom is 0.273 e. The molecule has 94 valence electrons. The van der Waals surface area contributed by atoms with Gasteiger partial charge in [0, 0.05) is 23.7 Å². The monoisotopic (exact) mass is 257 g/mol. The summed E-state index contributed by atoms with van der Waals surface area (Å²) in [6, 6.07) is 0. The third-order valence-corrected chi connectivity index (χ3v) is 2.96. The molecule has 0 saturated heterocycles. The van der Waals surface area contributed by atoms with E-state index in [0.717, 1.165) is 29.1 Å². The molecule has 0 aliphatic carbocycles. The molecule has 0 aliphatic rings. The molecule has 7 nitrogen and oxygen atoms in total. The van der Waals surface area contributed by atoms with Crippen LogP contribution in [0.15, 0.2) is 18.3 Å². The lowest BCUT2D eigenvalue weighted by Crippen LogP contribution is -2.23. The molecule has 1 rings (SSSR count). The molecule has 8 heteroatoms. The summed E-state index contributed by atoms with van der Waals surface area (Å²) in [4.78, 5) is 16.7. The van der Waals surface area contributed by atoms with Crippen LogP contribution in [0.25, 0.3) is 0 Å². The van der Waals surface area contributed by atoms with Crippen molar-refractivity contribution in [3.8, 4) is 0 Å². The molecule has 0 aromatic carbocycles. The van der Waals surface area contributed by atoms with E-state index < -0.39 is 4.92 Å². The van der Waals surface area contributed by atoms with Crippen molar-refractivity contribution in [2.75, 3.05) is 12.3 Å². The number of rotatable bonds is 7. The van der Waals surface area contributed by atoms with E-state index in [1.54, 1.807) is 18.1 Å². The zero-order valence-corrected chi connectivity index (χ0v) is 10.3. The van der Waals surface area contributed by atoms with Crippen LogP contribution in [0.4, 0.5) is 0 Å². The Morgan fingerprint density at radius 3 is 3.18 bits per heavy atom. The van der Waals surface area contributed by atoms with Gasteiger partial charge in [-0.15, -0.1) is 0 Å². The van der Waals surface area contributed by atoms with E-state index in [-0.39, 0.29) is 5.82 Å². The van der Waals surface area contributed by atoms with Gasteiger partial charge in [-0.05, 0) is 6.92 Å². The van der Waals surface area contributed by atoms with Crippen LogP contribution in [0, 0.1) is 17.0 Å². The van der Waals surface area contributed by atoms with Crippen LogP contribution < -0.4 is 11.1 Å². The number of hydrogen-bond donors (Lipinski definition) is 3. The van der Waals surface area contributed by atoms with Gasteiger partial charge in [0.15, 0.2) is 5.82 Å². The molecule has 1 heterocycles. The van der Waals surface area contributed by atoms with Gasteiger partial charge in [-0.2, -0.15) is 11.8 Å². The number of thioether (sulfide) groups is 1. The van der Waals surface area contributed by atoms with E-state index in [2.05, 4.69) is 15.3 Å². The molecular weight excluding hydrogens is 242 g/mol. The van der Waals surface area contributed by atoms with Gasteiger partial charge >= 0.3 is 0 Å². The van der Waals surface area contributed by atoms with E-state index in [1.807, 2.05) is 6.92 Å². The highest BCUT2D eigenvalue weighted by Crippen LogP contribution is 2.11. The summed E-state index contributed by atoms with van der Waals surface area (Å²) in [7, 11) is 0. The lowest BCUT2D eigenvalue weighted by molar-refractivity contribution is -0.403. The standard InChI is InChI=1S/C9H15N5O2S/c1-7-8(13-6-12-7)5-17-3-2-11-9(10)4-14(15)16/h4,6,11H,2-3,5,10H2,1H3,(H,12,13)/b9-4+. The van der Waals surface area contributed by atoms with Gasteiger partial charge in [0.2, 0.25) is 0 Å². The average molecular weight is 257 g/mol. The maximum atomic E-state index is 10.1. The highest BCUT2D eigenvalue weighted by atomic mass is 32.2. The Morgan fingerprint density at radius 1 is 1.82 bits per heavy atom. The number of nitrogens with one attached hydrogen (secondary N) is 2. The number of imidazole rings is 1. The van der Waals surface area contributed by atoms with E-state index in [0.29, 0.717) is 6.54 Å². The Morgan fingerprint density at radius 2 is 2.59 bits per heavy atom. The van der Waals surface area contributed by atoms with Crippen molar-refractivity contribution in [1.82, 2.24) is 15.3 Å². The number of nitro groups is 1. The highest BCUT2D eigenvalue weighted by molar-refractivity contribution is 7.98. The molecule has 0 fully saturated rings. The number of aryl methyl sites for hydroxylation is 1. The van der Waals surface area contributed by atoms with Crippen molar-refractivity contribution in [3.63, 3.8) is 0 Å². The Hall–Kier alpha value is -1.70. The van der Waals surface area contributed by atoms with Crippen LogP contribution in [0.1, 0.15) is 11.4 Å². The smallest absolute Gasteiger partial charge is 0.273 e. The summed E-state index contributed by atoms with van der Waals surface area (Å²) in [5.41, 5.74) is 7.46. The van der Waals surface area contributed by atoms with Gasteiger partial charge in [-0.25, -0.2) is 4.98 Å². The summed E-state index contributed by atoms with van der Waals surface area (Å²) in [5, 5.41) is 12.8. The molecule has 0 unspecified atom stereocenters. The topological polar surface area (TPSA) is 110 Å². The molecule has 1 aromatic rings. The second-order valence-corrected chi connectivity index (χ2v) is 4.43. The highest BCUT2D eigenvalue weighted by Gasteiger charge is 2.01. The van der Waals surface area contributed by atoms with Crippen LogP contribution in [-0.2, 0) is 5.75 Å². The van der Waals surface area contributed by atoms with E-state index >= 15 is 0 Å².